The molecule has 1 atom stereocenters. The summed E-state index contributed by atoms with van der Waals surface area (Å²) in [5, 5.41) is 12.2. The molecular formula is C19H22N2O4. The van der Waals surface area contributed by atoms with Gasteiger partial charge in [-0.15, -0.1) is 0 Å². The SMILES string of the molecule is O=C1C(NC(=O)C2(C(=O)O)CC=CC2)CCCN1Cc1ccccc1. The molecule has 0 spiro atoms. The minimum atomic E-state index is -1.47. The number of hydrogen-bond donors (Lipinski definition) is 2. The number of aliphatic carboxylic acids is 1. The van der Waals surface area contributed by atoms with Crippen molar-refractivity contribution in [3.8, 4) is 0 Å². The number of nitrogens with zero attached hydrogens (tertiary/aromatic N) is 1. The number of rotatable bonds is 5. The Balaban J connectivity index is 1.67. The highest BCUT2D eigenvalue weighted by molar-refractivity contribution is 6.04. The number of piperidine rings is 1. The Labute approximate surface area is 146 Å². The predicted octanol–water partition coefficient (Wildman–Crippen LogP) is 1.71. The van der Waals surface area contributed by atoms with E-state index in [4.69, 9.17) is 0 Å². The van der Waals surface area contributed by atoms with E-state index in [2.05, 4.69) is 5.32 Å². The lowest BCUT2D eigenvalue weighted by Gasteiger charge is -2.34. The van der Waals surface area contributed by atoms with E-state index in [0.29, 0.717) is 19.5 Å². The molecule has 3 rings (SSSR count). The number of likely N-dealkylation sites (tertiary alicyclic amines) is 1. The standard InChI is InChI=1S/C19H22N2O4/c22-16-15(20-17(23)19(18(24)25)10-4-5-11-19)9-6-12-21(16)13-14-7-2-1-3-8-14/h1-5,7-8,15H,6,9-13H2,(H,20,23)(H,24,25). The van der Waals surface area contributed by atoms with Crippen LogP contribution in [0.2, 0.25) is 0 Å². The Morgan fingerprint density at radius 1 is 1.20 bits per heavy atom. The van der Waals surface area contributed by atoms with Crippen LogP contribution in [-0.4, -0.2) is 40.4 Å². The second-order valence-electron chi connectivity index (χ2n) is 6.68. The highest BCUT2D eigenvalue weighted by Crippen LogP contribution is 2.34. The third-order valence-electron chi connectivity index (χ3n) is 5.00. The van der Waals surface area contributed by atoms with E-state index in [0.717, 1.165) is 12.0 Å². The van der Waals surface area contributed by atoms with Crippen molar-refractivity contribution >= 4 is 17.8 Å². The van der Waals surface area contributed by atoms with Crippen molar-refractivity contribution in [1.29, 1.82) is 0 Å². The number of carboxylic acids is 1. The van der Waals surface area contributed by atoms with E-state index in [1.54, 1.807) is 17.1 Å². The molecule has 0 bridgehead atoms. The molecule has 1 saturated heterocycles. The van der Waals surface area contributed by atoms with Crippen molar-refractivity contribution in [1.82, 2.24) is 10.2 Å². The first-order chi connectivity index (χ1) is 12.0. The Morgan fingerprint density at radius 3 is 2.52 bits per heavy atom. The molecule has 6 nitrogen and oxygen atoms in total. The summed E-state index contributed by atoms with van der Waals surface area (Å²) in [6.45, 7) is 1.14. The van der Waals surface area contributed by atoms with E-state index < -0.39 is 23.3 Å². The summed E-state index contributed by atoms with van der Waals surface area (Å²) in [5.74, 6) is -1.85. The maximum atomic E-state index is 12.7. The van der Waals surface area contributed by atoms with Gasteiger partial charge in [0, 0.05) is 13.1 Å². The summed E-state index contributed by atoms with van der Waals surface area (Å²) in [6, 6.07) is 9.03. The first-order valence-electron chi connectivity index (χ1n) is 8.55. The number of hydrogen-bond acceptors (Lipinski definition) is 3. The Hall–Kier alpha value is -2.63. The molecule has 0 aromatic heterocycles. The van der Waals surface area contributed by atoms with Crippen LogP contribution in [-0.2, 0) is 20.9 Å². The van der Waals surface area contributed by atoms with Gasteiger partial charge in [0.1, 0.15) is 6.04 Å². The van der Waals surface area contributed by atoms with Gasteiger partial charge in [0.2, 0.25) is 11.8 Å². The van der Waals surface area contributed by atoms with Crippen molar-refractivity contribution in [2.24, 2.45) is 5.41 Å². The fourth-order valence-electron chi connectivity index (χ4n) is 3.44. The van der Waals surface area contributed by atoms with Crippen molar-refractivity contribution in [3.63, 3.8) is 0 Å². The zero-order chi connectivity index (χ0) is 17.9. The first-order valence-corrected chi connectivity index (χ1v) is 8.55. The van der Waals surface area contributed by atoms with Crippen LogP contribution in [0.3, 0.4) is 0 Å². The van der Waals surface area contributed by atoms with Gasteiger partial charge < -0.3 is 15.3 Å². The van der Waals surface area contributed by atoms with E-state index in [1.165, 1.54) is 0 Å². The number of carbonyl (C=O) groups excluding carboxylic acids is 2. The van der Waals surface area contributed by atoms with Gasteiger partial charge in [-0.25, -0.2) is 0 Å². The van der Waals surface area contributed by atoms with Gasteiger partial charge in [-0.3, -0.25) is 14.4 Å². The highest BCUT2D eigenvalue weighted by atomic mass is 16.4. The van der Waals surface area contributed by atoms with E-state index in [9.17, 15) is 19.5 Å². The molecule has 2 aliphatic rings. The largest absolute Gasteiger partial charge is 0.480 e. The smallest absolute Gasteiger partial charge is 0.319 e. The second kappa shape index (κ2) is 7.09. The maximum absolute atomic E-state index is 12.7. The van der Waals surface area contributed by atoms with E-state index >= 15 is 0 Å². The summed E-state index contributed by atoms with van der Waals surface area (Å²) in [5.41, 5.74) is -0.438. The van der Waals surface area contributed by atoms with Crippen LogP contribution >= 0.6 is 0 Å². The molecule has 0 saturated carbocycles. The molecule has 0 radical (unpaired) electrons. The Bertz CT molecular complexity index is 691. The molecule has 1 aromatic carbocycles. The van der Waals surface area contributed by atoms with Gasteiger partial charge >= 0.3 is 5.97 Å². The number of carbonyl (C=O) groups is 3. The lowest BCUT2D eigenvalue weighted by Crippen LogP contribution is -2.56. The average Bonchev–Trinajstić information content (AvgIpc) is 3.11. The van der Waals surface area contributed by atoms with Gasteiger partial charge in [-0.05, 0) is 31.2 Å². The average molecular weight is 342 g/mol. The molecule has 1 aliphatic heterocycles. The number of nitrogens with one attached hydrogen (secondary N) is 1. The minimum Gasteiger partial charge on any atom is -0.480 e. The molecule has 6 heteroatoms. The molecule has 1 aromatic rings. The van der Waals surface area contributed by atoms with E-state index in [-0.39, 0.29) is 18.7 Å². The summed E-state index contributed by atoms with van der Waals surface area (Å²) in [7, 11) is 0. The minimum absolute atomic E-state index is 0.144. The normalized spacial score (nSPS) is 22.0. The van der Waals surface area contributed by atoms with Crippen LogP contribution in [0.4, 0.5) is 0 Å². The lowest BCUT2D eigenvalue weighted by molar-refractivity contribution is -0.156. The van der Waals surface area contributed by atoms with Crippen LogP contribution in [0, 0.1) is 5.41 Å². The Morgan fingerprint density at radius 2 is 1.88 bits per heavy atom. The summed E-state index contributed by atoms with van der Waals surface area (Å²) in [4.78, 5) is 38.6. The highest BCUT2D eigenvalue weighted by Gasteiger charge is 2.47. The van der Waals surface area contributed by atoms with Crippen LogP contribution in [0.1, 0.15) is 31.2 Å². The molecule has 1 heterocycles. The van der Waals surface area contributed by atoms with Gasteiger partial charge in [0.15, 0.2) is 5.41 Å². The van der Waals surface area contributed by atoms with Crippen LogP contribution in [0.15, 0.2) is 42.5 Å². The van der Waals surface area contributed by atoms with Crippen molar-refractivity contribution < 1.29 is 19.5 Å². The summed E-state index contributed by atoms with van der Waals surface area (Å²) < 4.78 is 0. The molecule has 2 amide bonds. The number of benzene rings is 1. The van der Waals surface area contributed by atoms with Gasteiger partial charge in [-0.1, -0.05) is 42.5 Å². The second-order valence-corrected chi connectivity index (χ2v) is 6.68. The summed E-state index contributed by atoms with van der Waals surface area (Å²) in [6.07, 6.45) is 5.07. The zero-order valence-electron chi connectivity index (χ0n) is 14.0. The van der Waals surface area contributed by atoms with Crippen molar-refractivity contribution in [3.05, 3.63) is 48.0 Å². The van der Waals surface area contributed by atoms with E-state index in [1.807, 2.05) is 30.3 Å². The number of carboxylic acid groups (broad SMARTS) is 1. The number of allylic oxidation sites excluding steroid dienone is 2. The molecular weight excluding hydrogens is 320 g/mol. The molecule has 132 valence electrons. The Kier molecular flexibility index (Phi) is 4.88. The van der Waals surface area contributed by atoms with Gasteiger partial charge in [0.05, 0.1) is 0 Å². The van der Waals surface area contributed by atoms with Gasteiger partial charge in [0.25, 0.3) is 0 Å². The van der Waals surface area contributed by atoms with Crippen molar-refractivity contribution in [2.75, 3.05) is 6.54 Å². The predicted molar refractivity (Wildman–Crippen MR) is 91.5 cm³/mol. The van der Waals surface area contributed by atoms with Crippen molar-refractivity contribution in [2.45, 2.75) is 38.3 Å². The monoisotopic (exact) mass is 342 g/mol. The first kappa shape index (κ1) is 17.2. The fraction of sp³-hybridized carbons (Fsp3) is 0.421. The molecule has 1 fully saturated rings. The van der Waals surface area contributed by atoms with Gasteiger partial charge in [-0.2, -0.15) is 0 Å². The quantitative estimate of drug-likeness (QED) is 0.630. The van der Waals surface area contributed by atoms with Crippen LogP contribution in [0.5, 0.6) is 0 Å². The van der Waals surface area contributed by atoms with Crippen LogP contribution < -0.4 is 5.32 Å². The molecule has 2 N–H and O–H groups in total. The fourth-order valence-corrected chi connectivity index (χ4v) is 3.44. The zero-order valence-corrected chi connectivity index (χ0v) is 14.0. The number of amides is 2. The lowest BCUT2D eigenvalue weighted by atomic mass is 9.84. The summed E-state index contributed by atoms with van der Waals surface area (Å²) >= 11 is 0. The third-order valence-corrected chi connectivity index (χ3v) is 5.00. The third kappa shape index (κ3) is 3.43. The maximum Gasteiger partial charge on any atom is 0.319 e. The topological polar surface area (TPSA) is 86.7 Å². The van der Waals surface area contributed by atoms with Crippen LogP contribution in [0.25, 0.3) is 0 Å². The molecule has 1 aliphatic carbocycles. The molecule has 1 unspecified atom stereocenters. The molecule has 25 heavy (non-hydrogen) atoms.